The third-order valence-corrected chi connectivity index (χ3v) is 8.78. The number of hydrogen-bond donors (Lipinski definition) is 1. The van der Waals surface area contributed by atoms with Gasteiger partial charge in [0.15, 0.2) is 5.72 Å². The SMILES string of the molecule is CNCC1=CC2C=CC=C[C@@H]2C2N=CC3(O[C@H]12)N(CCCCC(C)=O)C1=C(CCCC1)C3(C)C. The zero-order valence-corrected chi connectivity index (χ0v) is 21.3. The number of allylic oxidation sites excluding steroid dienone is 5. The van der Waals surface area contributed by atoms with Crippen LogP contribution >= 0.6 is 0 Å². The average Bonchev–Trinajstić information content (AvgIpc) is 3.00. The first kappa shape index (κ1) is 23.7. The Morgan fingerprint density at radius 3 is 2.79 bits per heavy atom. The zero-order chi connectivity index (χ0) is 23.9. The second kappa shape index (κ2) is 9.23. The van der Waals surface area contributed by atoms with Crippen molar-refractivity contribution in [1.29, 1.82) is 0 Å². The number of ketones is 1. The van der Waals surface area contributed by atoms with Gasteiger partial charge in [0.1, 0.15) is 11.9 Å². The zero-order valence-electron chi connectivity index (χ0n) is 21.3. The summed E-state index contributed by atoms with van der Waals surface area (Å²) in [5.74, 6) is 1.01. The van der Waals surface area contributed by atoms with Gasteiger partial charge in [0.2, 0.25) is 0 Å². The second-order valence-electron chi connectivity index (χ2n) is 11.3. The summed E-state index contributed by atoms with van der Waals surface area (Å²) < 4.78 is 7.35. The smallest absolute Gasteiger partial charge is 0.186 e. The molecule has 0 saturated carbocycles. The lowest BCUT2D eigenvalue weighted by Crippen LogP contribution is -2.63. The molecule has 2 aliphatic heterocycles. The van der Waals surface area contributed by atoms with Gasteiger partial charge in [0, 0.05) is 42.5 Å². The molecule has 5 heteroatoms. The summed E-state index contributed by atoms with van der Waals surface area (Å²) in [6, 6.07) is 0.109. The molecule has 0 aromatic carbocycles. The van der Waals surface area contributed by atoms with E-state index in [2.05, 4.69) is 60.7 Å². The number of fused-ring (bicyclic) bond motifs is 3. The molecule has 3 aliphatic carbocycles. The van der Waals surface area contributed by atoms with Crippen LogP contribution in [0, 0.1) is 17.3 Å². The first-order valence-electron chi connectivity index (χ1n) is 13.3. The van der Waals surface area contributed by atoms with Gasteiger partial charge in [-0.05, 0) is 63.6 Å². The number of aliphatic imine (C=N–C) groups is 1. The van der Waals surface area contributed by atoms with Crippen molar-refractivity contribution in [3.8, 4) is 0 Å². The van der Waals surface area contributed by atoms with E-state index in [1.165, 1.54) is 24.1 Å². The quantitative estimate of drug-likeness (QED) is 0.428. The van der Waals surface area contributed by atoms with E-state index in [-0.39, 0.29) is 23.3 Å². The van der Waals surface area contributed by atoms with E-state index in [1.54, 1.807) is 12.5 Å². The van der Waals surface area contributed by atoms with Crippen LogP contribution in [0.3, 0.4) is 0 Å². The van der Waals surface area contributed by atoms with Gasteiger partial charge in [-0.1, -0.05) is 44.2 Å². The minimum absolute atomic E-state index is 0.0322. The number of hydrogen-bond acceptors (Lipinski definition) is 5. The summed E-state index contributed by atoms with van der Waals surface area (Å²) in [7, 11) is 2.02. The van der Waals surface area contributed by atoms with Crippen LogP contribution in [0.2, 0.25) is 0 Å². The van der Waals surface area contributed by atoms with E-state index in [4.69, 9.17) is 9.73 Å². The minimum Gasteiger partial charge on any atom is -0.342 e. The number of nitrogens with zero attached hydrogens (tertiary/aromatic N) is 2. The molecule has 0 radical (unpaired) electrons. The Kier molecular flexibility index (Phi) is 6.45. The van der Waals surface area contributed by atoms with Crippen molar-refractivity contribution in [2.75, 3.05) is 20.1 Å². The van der Waals surface area contributed by atoms with E-state index >= 15 is 0 Å². The molecule has 0 aromatic rings. The molecule has 184 valence electrons. The number of likely N-dealkylation sites (N-methyl/N-ethyl adjacent to an activating group) is 1. The molecule has 0 aromatic heterocycles. The lowest BCUT2D eigenvalue weighted by atomic mass is 9.70. The van der Waals surface area contributed by atoms with E-state index in [9.17, 15) is 4.79 Å². The van der Waals surface area contributed by atoms with Crippen molar-refractivity contribution in [3.05, 3.63) is 47.2 Å². The van der Waals surface area contributed by atoms with Gasteiger partial charge < -0.3 is 19.7 Å². The lowest BCUT2D eigenvalue weighted by molar-refractivity contribution is -0.170. The van der Waals surface area contributed by atoms with Crippen molar-refractivity contribution in [1.82, 2.24) is 10.2 Å². The van der Waals surface area contributed by atoms with Gasteiger partial charge in [-0.3, -0.25) is 4.99 Å². The maximum atomic E-state index is 11.5. The van der Waals surface area contributed by atoms with Crippen molar-refractivity contribution in [3.63, 3.8) is 0 Å². The van der Waals surface area contributed by atoms with E-state index < -0.39 is 5.72 Å². The number of carbonyl (C=O) groups is 1. The molecule has 34 heavy (non-hydrogen) atoms. The first-order valence-corrected chi connectivity index (χ1v) is 13.3. The molecule has 5 rings (SSSR count). The minimum atomic E-state index is -0.562. The molecule has 0 amide bonds. The highest BCUT2D eigenvalue weighted by molar-refractivity contribution is 5.75. The van der Waals surface area contributed by atoms with Crippen molar-refractivity contribution >= 4 is 12.0 Å². The lowest BCUT2D eigenvalue weighted by Gasteiger charge is -2.53. The molecule has 1 N–H and O–H groups in total. The van der Waals surface area contributed by atoms with Gasteiger partial charge in [0.05, 0.1) is 12.3 Å². The number of carbonyl (C=O) groups excluding carboxylic acids is 1. The number of unbranched alkanes of at least 4 members (excludes halogenated alkanes) is 1. The fourth-order valence-corrected chi connectivity index (χ4v) is 7.01. The Labute approximate surface area is 205 Å². The Morgan fingerprint density at radius 1 is 1.21 bits per heavy atom. The fourth-order valence-electron chi connectivity index (χ4n) is 7.01. The first-order chi connectivity index (χ1) is 16.4. The third-order valence-electron chi connectivity index (χ3n) is 8.78. The Hall–Kier alpha value is -1.98. The molecule has 1 spiro atoms. The summed E-state index contributed by atoms with van der Waals surface area (Å²) >= 11 is 0. The number of rotatable bonds is 7. The summed E-state index contributed by atoms with van der Waals surface area (Å²) in [6.45, 7) is 8.16. The van der Waals surface area contributed by atoms with Gasteiger partial charge in [0.25, 0.3) is 0 Å². The van der Waals surface area contributed by atoms with Crippen LogP contribution in [0.15, 0.2) is 52.2 Å². The van der Waals surface area contributed by atoms with Crippen LogP contribution in [-0.4, -0.2) is 54.9 Å². The third kappa shape index (κ3) is 3.76. The van der Waals surface area contributed by atoms with Crippen LogP contribution in [0.1, 0.15) is 65.7 Å². The highest BCUT2D eigenvalue weighted by atomic mass is 16.5. The predicted molar refractivity (Wildman–Crippen MR) is 138 cm³/mol. The molecular weight excluding hydrogens is 422 g/mol. The number of ether oxygens (including phenoxy) is 1. The largest absolute Gasteiger partial charge is 0.342 e. The second-order valence-corrected chi connectivity index (χ2v) is 11.3. The van der Waals surface area contributed by atoms with Crippen LogP contribution in [0.5, 0.6) is 0 Å². The highest BCUT2D eigenvalue weighted by Gasteiger charge is 2.62. The topological polar surface area (TPSA) is 53.9 Å². The number of nitrogens with one attached hydrogen (secondary N) is 1. The molecule has 0 bridgehead atoms. The molecule has 5 aliphatic rings. The summed E-state index contributed by atoms with van der Waals surface area (Å²) in [4.78, 5) is 19.4. The summed E-state index contributed by atoms with van der Waals surface area (Å²) in [6.07, 6.45) is 20.9. The number of Topliss-reactive ketones (excluding diaryl/α,β-unsaturated/α-hetero) is 1. The van der Waals surface area contributed by atoms with Gasteiger partial charge in [-0.25, -0.2) is 0 Å². The molecule has 5 atom stereocenters. The van der Waals surface area contributed by atoms with Gasteiger partial charge >= 0.3 is 0 Å². The van der Waals surface area contributed by atoms with E-state index in [0.717, 1.165) is 38.8 Å². The van der Waals surface area contributed by atoms with Crippen molar-refractivity contribution < 1.29 is 9.53 Å². The molecule has 0 saturated heterocycles. The Morgan fingerprint density at radius 2 is 2.00 bits per heavy atom. The maximum Gasteiger partial charge on any atom is 0.186 e. The standard InChI is InChI=1S/C29H41N3O2/c1-20(33)11-9-10-16-32-25-15-8-7-14-24(25)28(2,3)29(32)19-31-26-23-13-6-5-12-21(23)17-22(18-30-4)27(26)34-29/h5-6,12-13,17,19,21,23,26-27,30H,7-11,14-16,18H2,1-4H3/t21?,23-,26?,27+,29?/m0/s1. The van der Waals surface area contributed by atoms with Crippen LogP contribution in [0.25, 0.3) is 0 Å². The van der Waals surface area contributed by atoms with E-state index in [1.807, 2.05) is 7.05 Å². The van der Waals surface area contributed by atoms with Crippen LogP contribution < -0.4 is 5.32 Å². The fraction of sp³-hybridized carbons (Fsp3) is 0.655. The van der Waals surface area contributed by atoms with Gasteiger partial charge in [-0.15, -0.1) is 0 Å². The maximum absolute atomic E-state index is 11.5. The molecular formula is C29H41N3O2. The summed E-state index contributed by atoms with van der Waals surface area (Å²) in [5, 5.41) is 3.38. The van der Waals surface area contributed by atoms with Crippen molar-refractivity contribution in [2.24, 2.45) is 22.2 Å². The Balaban J connectivity index is 1.51. The summed E-state index contributed by atoms with van der Waals surface area (Å²) in [5.41, 5.74) is 3.66. The monoisotopic (exact) mass is 463 g/mol. The van der Waals surface area contributed by atoms with Crippen LogP contribution in [-0.2, 0) is 9.53 Å². The van der Waals surface area contributed by atoms with E-state index in [0.29, 0.717) is 18.3 Å². The van der Waals surface area contributed by atoms with Crippen LogP contribution in [0.4, 0.5) is 0 Å². The molecule has 0 fully saturated rings. The van der Waals surface area contributed by atoms with Crippen molar-refractivity contribution in [2.45, 2.75) is 83.6 Å². The molecule has 5 nitrogen and oxygen atoms in total. The Bertz CT molecular complexity index is 972. The highest BCUT2D eigenvalue weighted by Crippen LogP contribution is 2.57. The van der Waals surface area contributed by atoms with Gasteiger partial charge in [-0.2, -0.15) is 0 Å². The average molecular weight is 464 g/mol. The molecule has 3 unspecified atom stereocenters. The molecule has 2 heterocycles. The normalized spacial score (nSPS) is 35.3. The predicted octanol–water partition coefficient (Wildman–Crippen LogP) is 4.97.